The van der Waals surface area contributed by atoms with Crippen LogP contribution in [-0.4, -0.2) is 28.4 Å². The molecule has 1 aliphatic rings. The van der Waals surface area contributed by atoms with Gasteiger partial charge in [-0.05, 0) is 61.5 Å². The molecule has 0 amide bonds. The molecular formula is C36H32IrN4-2. The summed E-state index contributed by atoms with van der Waals surface area (Å²) in [5, 5.41) is 0. The van der Waals surface area contributed by atoms with Crippen LogP contribution in [0.2, 0.25) is 0 Å². The largest absolute Gasteiger partial charge is 0.305 e. The number of aryl methyl sites for hydroxylation is 3. The van der Waals surface area contributed by atoms with E-state index in [2.05, 4.69) is 65.0 Å². The van der Waals surface area contributed by atoms with Crippen LogP contribution in [0.4, 0.5) is 5.69 Å². The summed E-state index contributed by atoms with van der Waals surface area (Å²) in [7, 11) is 0. The second kappa shape index (κ2) is 16.7. The molecule has 5 heteroatoms. The van der Waals surface area contributed by atoms with Crippen molar-refractivity contribution < 1.29 is 20.1 Å². The molecule has 0 bridgehead atoms. The van der Waals surface area contributed by atoms with E-state index in [4.69, 9.17) is 0 Å². The van der Waals surface area contributed by atoms with Gasteiger partial charge in [0, 0.05) is 44.9 Å². The molecule has 207 valence electrons. The zero-order chi connectivity index (χ0) is 28.0. The van der Waals surface area contributed by atoms with Crippen molar-refractivity contribution in [2.45, 2.75) is 26.8 Å². The van der Waals surface area contributed by atoms with Crippen LogP contribution in [0.15, 0.2) is 132 Å². The summed E-state index contributed by atoms with van der Waals surface area (Å²) in [6, 6.07) is 38.1. The molecule has 0 saturated carbocycles. The van der Waals surface area contributed by atoms with Crippen LogP contribution in [0.1, 0.15) is 16.7 Å². The van der Waals surface area contributed by atoms with Gasteiger partial charge in [0.1, 0.15) is 6.04 Å². The van der Waals surface area contributed by atoms with E-state index in [1.54, 1.807) is 12.4 Å². The Morgan fingerprint density at radius 2 is 1.24 bits per heavy atom. The maximum Gasteiger partial charge on any atom is 0.103 e. The van der Waals surface area contributed by atoms with Crippen LogP contribution in [0.25, 0.3) is 22.5 Å². The Balaban J connectivity index is 0.000000169. The number of rotatable bonds is 4. The van der Waals surface area contributed by atoms with Crippen LogP contribution >= 0.6 is 0 Å². The van der Waals surface area contributed by atoms with Crippen LogP contribution in [0.3, 0.4) is 0 Å². The first kappa shape index (κ1) is 31.2. The van der Waals surface area contributed by atoms with Gasteiger partial charge in [-0.15, -0.1) is 71.8 Å². The molecule has 5 aromatic rings. The van der Waals surface area contributed by atoms with Gasteiger partial charge in [-0.3, -0.25) is 9.98 Å². The van der Waals surface area contributed by atoms with E-state index in [-0.39, 0.29) is 26.1 Å². The zero-order valence-corrected chi connectivity index (χ0v) is 25.8. The monoisotopic (exact) mass is 713 g/mol. The molecule has 0 N–H and O–H groups in total. The van der Waals surface area contributed by atoms with Gasteiger partial charge in [0.05, 0.1) is 5.69 Å². The van der Waals surface area contributed by atoms with Gasteiger partial charge in [0.2, 0.25) is 0 Å². The molecule has 3 aromatic carbocycles. The normalized spacial score (nSPS) is 13.0. The quantitative estimate of drug-likeness (QED) is 0.139. The topological polar surface area (TPSA) is 50.5 Å². The Morgan fingerprint density at radius 3 is 1.66 bits per heavy atom. The van der Waals surface area contributed by atoms with E-state index in [1.165, 1.54) is 16.7 Å². The molecule has 3 heterocycles. The van der Waals surface area contributed by atoms with Crippen LogP contribution in [0.5, 0.6) is 0 Å². The van der Waals surface area contributed by atoms with Gasteiger partial charge in [0.25, 0.3) is 0 Å². The molecule has 6 rings (SSSR count). The zero-order valence-electron chi connectivity index (χ0n) is 23.4. The summed E-state index contributed by atoms with van der Waals surface area (Å²) in [5.41, 5.74) is 8.82. The van der Waals surface area contributed by atoms with Crippen LogP contribution in [0, 0.1) is 32.9 Å². The molecule has 41 heavy (non-hydrogen) atoms. The number of hydrogen-bond donors (Lipinski definition) is 0. The molecule has 2 aromatic heterocycles. The molecule has 4 nitrogen and oxygen atoms in total. The van der Waals surface area contributed by atoms with Gasteiger partial charge in [-0.25, -0.2) is 0 Å². The minimum absolute atomic E-state index is 0. The summed E-state index contributed by atoms with van der Waals surface area (Å²) >= 11 is 0. The summed E-state index contributed by atoms with van der Waals surface area (Å²) < 4.78 is 0. The average molecular weight is 713 g/mol. The Hall–Kier alpha value is -4.31. The van der Waals surface area contributed by atoms with Crippen molar-refractivity contribution in [3.63, 3.8) is 0 Å². The maximum atomic E-state index is 4.54. The number of benzene rings is 3. The molecule has 0 spiro atoms. The molecule has 0 fully saturated rings. The van der Waals surface area contributed by atoms with E-state index < -0.39 is 0 Å². The van der Waals surface area contributed by atoms with Crippen molar-refractivity contribution in [1.29, 1.82) is 0 Å². The number of aromatic nitrogens is 2. The van der Waals surface area contributed by atoms with Crippen molar-refractivity contribution in [1.82, 2.24) is 9.97 Å². The molecule has 1 radical (unpaired) electrons. The smallest absolute Gasteiger partial charge is 0.103 e. The first-order chi connectivity index (χ1) is 19.6. The van der Waals surface area contributed by atoms with E-state index >= 15 is 0 Å². The molecule has 0 aliphatic carbocycles. The Morgan fingerprint density at radius 1 is 0.707 bits per heavy atom. The number of nitrogens with zero attached hydrogens (tertiary/aromatic N) is 4. The van der Waals surface area contributed by atoms with E-state index in [0.717, 1.165) is 28.2 Å². The second-order valence-corrected chi connectivity index (χ2v) is 9.18. The van der Waals surface area contributed by atoms with E-state index in [0.29, 0.717) is 0 Å². The summed E-state index contributed by atoms with van der Waals surface area (Å²) in [6.07, 6.45) is 11.3. The summed E-state index contributed by atoms with van der Waals surface area (Å²) in [6.45, 7) is 6.30. The molecule has 0 saturated heterocycles. The third kappa shape index (κ3) is 9.99. The Bertz CT molecular complexity index is 1360. The van der Waals surface area contributed by atoms with Crippen molar-refractivity contribution in [3.8, 4) is 22.5 Å². The van der Waals surface area contributed by atoms with Crippen molar-refractivity contribution >= 4 is 18.1 Å². The predicted molar refractivity (Wildman–Crippen MR) is 167 cm³/mol. The van der Waals surface area contributed by atoms with Gasteiger partial charge in [-0.2, -0.15) is 0 Å². The standard InChI is InChI=1S/C14H16N2.2C11H8N.Ir/c1-10-7-11(2)14(12(3)8-10)16-9-13-5-4-6-15-13;2*1-2-6-10(7-3-1)11-8-4-5-9-12-11;/h4-9,13H,1-3H3;2*1-6,8-9H;/q;2*-1;. The first-order valence-electron chi connectivity index (χ1n) is 13.2. The third-order valence-corrected chi connectivity index (χ3v) is 5.94. The predicted octanol–water partition coefficient (Wildman–Crippen LogP) is 8.42. The fourth-order valence-electron chi connectivity index (χ4n) is 4.13. The van der Waals surface area contributed by atoms with Crippen LogP contribution in [-0.2, 0) is 20.1 Å². The van der Waals surface area contributed by atoms with Gasteiger partial charge in [-0.1, -0.05) is 48.0 Å². The molecular weight excluding hydrogens is 681 g/mol. The molecule has 1 aliphatic heterocycles. The minimum atomic E-state index is 0. The Kier molecular flexibility index (Phi) is 12.7. The van der Waals surface area contributed by atoms with E-state index in [1.807, 2.05) is 110 Å². The summed E-state index contributed by atoms with van der Waals surface area (Å²) in [5.74, 6) is 0. The number of pyridine rings is 2. The maximum absolute atomic E-state index is 4.54. The van der Waals surface area contributed by atoms with Crippen molar-refractivity contribution in [3.05, 3.63) is 150 Å². The molecule has 1 atom stereocenters. The second-order valence-electron chi connectivity index (χ2n) is 9.18. The number of aliphatic imine (C=N–C) groups is 2. The van der Waals surface area contributed by atoms with Crippen molar-refractivity contribution in [2.75, 3.05) is 0 Å². The summed E-state index contributed by atoms with van der Waals surface area (Å²) in [4.78, 5) is 17.2. The SMILES string of the molecule is Cc1cc(C)c(N=CC2C=CC=N2)c(C)c1.[Ir].[c-]1ccccc1-c1ccccn1.[c-]1ccccc1-c1ccccn1. The minimum Gasteiger partial charge on any atom is -0.305 e. The fraction of sp³-hybridized carbons (Fsp3) is 0.111. The Labute approximate surface area is 257 Å². The van der Waals surface area contributed by atoms with Gasteiger partial charge < -0.3 is 9.97 Å². The van der Waals surface area contributed by atoms with E-state index in [9.17, 15) is 0 Å². The molecule has 1 unspecified atom stereocenters. The van der Waals surface area contributed by atoms with Gasteiger partial charge >= 0.3 is 0 Å². The van der Waals surface area contributed by atoms with Gasteiger partial charge in [0.15, 0.2) is 0 Å². The first-order valence-corrected chi connectivity index (χ1v) is 13.2. The third-order valence-electron chi connectivity index (χ3n) is 5.94. The number of hydrogen-bond acceptors (Lipinski definition) is 4. The fourth-order valence-corrected chi connectivity index (χ4v) is 4.13. The van der Waals surface area contributed by atoms with Crippen LogP contribution < -0.4 is 0 Å². The van der Waals surface area contributed by atoms with Crippen molar-refractivity contribution in [2.24, 2.45) is 9.98 Å². The average Bonchev–Trinajstić information content (AvgIpc) is 3.53. The number of allylic oxidation sites excluding steroid dienone is 1.